The largest absolute Gasteiger partial charge is 0.392 e. The molecule has 0 spiro atoms. The van der Waals surface area contributed by atoms with Crippen molar-refractivity contribution in [3.05, 3.63) is 36.0 Å². The van der Waals surface area contributed by atoms with E-state index in [0.29, 0.717) is 5.92 Å². The van der Waals surface area contributed by atoms with Crippen molar-refractivity contribution in [3.63, 3.8) is 0 Å². The quantitative estimate of drug-likeness (QED) is 0.836. The summed E-state index contributed by atoms with van der Waals surface area (Å²) in [6.45, 7) is 5.66. The number of rotatable bonds is 5. The van der Waals surface area contributed by atoms with Gasteiger partial charge in [0.15, 0.2) is 0 Å². The molecule has 0 bridgehead atoms. The first-order chi connectivity index (χ1) is 8.26. The summed E-state index contributed by atoms with van der Waals surface area (Å²) in [6, 6.07) is 8.25. The van der Waals surface area contributed by atoms with Crippen molar-refractivity contribution >= 4 is 10.9 Å². The van der Waals surface area contributed by atoms with Gasteiger partial charge in [-0.05, 0) is 23.8 Å². The van der Waals surface area contributed by atoms with E-state index >= 15 is 0 Å². The Bertz CT molecular complexity index is 487. The van der Waals surface area contributed by atoms with E-state index in [-0.39, 0.29) is 6.61 Å². The Morgan fingerprint density at radius 3 is 2.82 bits per heavy atom. The van der Waals surface area contributed by atoms with Crippen LogP contribution < -0.4 is 0 Å². The number of fused-ring (bicyclic) bond motifs is 1. The average Bonchev–Trinajstić information content (AvgIpc) is 2.73. The molecule has 2 nitrogen and oxygen atoms in total. The second kappa shape index (κ2) is 5.37. The van der Waals surface area contributed by atoms with Crippen LogP contribution in [0.2, 0.25) is 0 Å². The molecule has 1 aromatic carbocycles. The summed E-state index contributed by atoms with van der Waals surface area (Å²) >= 11 is 0. The predicted molar refractivity (Wildman–Crippen MR) is 71.9 cm³/mol. The zero-order valence-corrected chi connectivity index (χ0v) is 10.7. The van der Waals surface area contributed by atoms with Gasteiger partial charge in [0.2, 0.25) is 0 Å². The fourth-order valence-corrected chi connectivity index (χ4v) is 2.54. The molecule has 1 heterocycles. The maximum atomic E-state index is 9.40. The number of aromatic nitrogens is 1. The Balaban J connectivity index is 2.34. The van der Waals surface area contributed by atoms with Crippen LogP contribution in [0.15, 0.2) is 30.5 Å². The van der Waals surface area contributed by atoms with Crippen LogP contribution >= 0.6 is 0 Å². The van der Waals surface area contributed by atoms with Gasteiger partial charge in [-0.1, -0.05) is 38.5 Å². The van der Waals surface area contributed by atoms with E-state index in [0.717, 1.165) is 12.1 Å². The molecule has 92 valence electrons. The van der Waals surface area contributed by atoms with Gasteiger partial charge >= 0.3 is 0 Å². The van der Waals surface area contributed by atoms with Crippen molar-refractivity contribution in [2.45, 2.75) is 39.8 Å². The normalized spacial score (nSPS) is 13.1. The minimum absolute atomic E-state index is 0.115. The summed E-state index contributed by atoms with van der Waals surface area (Å²) in [5, 5.41) is 10.6. The first-order valence-electron chi connectivity index (χ1n) is 6.43. The number of hydrogen-bond donors (Lipinski definition) is 1. The molecular formula is C15H21NO. The number of para-hydroxylation sites is 1. The van der Waals surface area contributed by atoms with Crippen molar-refractivity contribution in [1.29, 1.82) is 0 Å². The molecule has 2 rings (SSSR count). The second-order valence-electron chi connectivity index (χ2n) is 4.88. The van der Waals surface area contributed by atoms with E-state index in [1.165, 1.54) is 23.7 Å². The van der Waals surface area contributed by atoms with Crippen molar-refractivity contribution in [3.8, 4) is 0 Å². The fraction of sp³-hybridized carbons (Fsp3) is 0.467. The molecule has 1 aromatic heterocycles. The van der Waals surface area contributed by atoms with Crippen LogP contribution in [-0.2, 0) is 13.2 Å². The van der Waals surface area contributed by atoms with Gasteiger partial charge in [-0.3, -0.25) is 0 Å². The van der Waals surface area contributed by atoms with Gasteiger partial charge in [0.05, 0.1) is 12.1 Å². The smallest absolute Gasteiger partial charge is 0.0702 e. The molecule has 0 saturated heterocycles. The number of benzene rings is 1. The summed E-state index contributed by atoms with van der Waals surface area (Å²) in [5.74, 6) is 0.683. The number of aliphatic hydroxyl groups is 1. The molecule has 0 fully saturated rings. The maximum absolute atomic E-state index is 9.40. The van der Waals surface area contributed by atoms with Crippen molar-refractivity contribution in [2.24, 2.45) is 5.92 Å². The third kappa shape index (κ3) is 2.52. The summed E-state index contributed by atoms with van der Waals surface area (Å²) in [5.41, 5.74) is 2.22. The molecule has 0 saturated carbocycles. The standard InChI is InChI=1S/C15H21NO/c1-3-5-12(2)10-16-9-8-13-6-4-7-14(11-17)15(13)16/h4,6-9,12,17H,3,5,10-11H2,1-2H3. The minimum atomic E-state index is 0.115. The molecule has 0 amide bonds. The van der Waals surface area contributed by atoms with Crippen LogP contribution in [0.5, 0.6) is 0 Å². The van der Waals surface area contributed by atoms with Crippen LogP contribution in [0.25, 0.3) is 10.9 Å². The lowest BCUT2D eigenvalue weighted by atomic mass is 10.1. The summed E-state index contributed by atoms with van der Waals surface area (Å²) in [7, 11) is 0. The Labute approximate surface area is 103 Å². The summed E-state index contributed by atoms with van der Waals surface area (Å²) in [4.78, 5) is 0. The molecule has 17 heavy (non-hydrogen) atoms. The molecule has 2 aromatic rings. The number of nitrogens with zero attached hydrogens (tertiary/aromatic N) is 1. The highest BCUT2D eigenvalue weighted by Crippen LogP contribution is 2.22. The van der Waals surface area contributed by atoms with Crippen LogP contribution in [0.3, 0.4) is 0 Å². The molecule has 0 aliphatic carbocycles. The Kier molecular flexibility index (Phi) is 3.85. The van der Waals surface area contributed by atoms with Crippen LogP contribution in [0, 0.1) is 5.92 Å². The van der Waals surface area contributed by atoms with Crippen molar-refractivity contribution in [2.75, 3.05) is 0 Å². The highest BCUT2D eigenvalue weighted by molar-refractivity contribution is 5.83. The minimum Gasteiger partial charge on any atom is -0.392 e. The molecule has 0 radical (unpaired) electrons. The molecule has 0 aliphatic heterocycles. The third-order valence-corrected chi connectivity index (χ3v) is 3.33. The molecule has 0 aliphatic rings. The Hall–Kier alpha value is -1.28. The topological polar surface area (TPSA) is 25.2 Å². The lowest BCUT2D eigenvalue weighted by molar-refractivity contribution is 0.282. The van der Waals surface area contributed by atoms with E-state index in [9.17, 15) is 5.11 Å². The zero-order chi connectivity index (χ0) is 12.3. The maximum Gasteiger partial charge on any atom is 0.0702 e. The van der Waals surface area contributed by atoms with Gasteiger partial charge in [0, 0.05) is 18.3 Å². The van der Waals surface area contributed by atoms with Gasteiger partial charge < -0.3 is 9.67 Å². The van der Waals surface area contributed by atoms with Crippen LogP contribution in [0.1, 0.15) is 32.3 Å². The molecule has 2 heteroatoms. The third-order valence-electron chi connectivity index (χ3n) is 3.33. The second-order valence-corrected chi connectivity index (χ2v) is 4.88. The molecule has 1 unspecified atom stereocenters. The number of hydrogen-bond acceptors (Lipinski definition) is 1. The van der Waals surface area contributed by atoms with E-state index in [1.54, 1.807) is 0 Å². The van der Waals surface area contributed by atoms with Gasteiger partial charge in [0.25, 0.3) is 0 Å². The average molecular weight is 231 g/mol. The van der Waals surface area contributed by atoms with Crippen LogP contribution in [0.4, 0.5) is 0 Å². The Morgan fingerprint density at radius 2 is 2.12 bits per heavy atom. The van der Waals surface area contributed by atoms with Crippen molar-refractivity contribution < 1.29 is 5.11 Å². The highest BCUT2D eigenvalue weighted by Gasteiger charge is 2.08. The predicted octanol–water partition coefficient (Wildman–Crippen LogP) is 3.57. The lowest BCUT2D eigenvalue weighted by Gasteiger charge is -2.14. The lowest BCUT2D eigenvalue weighted by Crippen LogP contribution is -2.07. The monoisotopic (exact) mass is 231 g/mol. The van der Waals surface area contributed by atoms with Crippen molar-refractivity contribution in [1.82, 2.24) is 4.57 Å². The Morgan fingerprint density at radius 1 is 1.29 bits per heavy atom. The SMILES string of the molecule is CCCC(C)Cn1ccc2cccc(CO)c21. The van der Waals surface area contributed by atoms with Gasteiger partial charge in [0.1, 0.15) is 0 Å². The molecule has 1 atom stereocenters. The zero-order valence-electron chi connectivity index (χ0n) is 10.7. The van der Waals surface area contributed by atoms with E-state index in [2.05, 4.69) is 36.7 Å². The van der Waals surface area contributed by atoms with Gasteiger partial charge in [-0.25, -0.2) is 0 Å². The van der Waals surface area contributed by atoms with Gasteiger partial charge in [-0.15, -0.1) is 0 Å². The molecular weight excluding hydrogens is 210 g/mol. The highest BCUT2D eigenvalue weighted by atomic mass is 16.3. The first kappa shape index (κ1) is 12.2. The summed E-state index contributed by atoms with van der Waals surface area (Å²) < 4.78 is 2.28. The summed E-state index contributed by atoms with van der Waals surface area (Å²) in [6.07, 6.45) is 4.62. The van der Waals surface area contributed by atoms with Crippen LogP contribution in [-0.4, -0.2) is 9.67 Å². The van der Waals surface area contributed by atoms with E-state index < -0.39 is 0 Å². The molecule has 1 N–H and O–H groups in total. The fourth-order valence-electron chi connectivity index (χ4n) is 2.54. The van der Waals surface area contributed by atoms with E-state index in [4.69, 9.17) is 0 Å². The first-order valence-corrected chi connectivity index (χ1v) is 6.43. The van der Waals surface area contributed by atoms with Gasteiger partial charge in [-0.2, -0.15) is 0 Å². The van der Waals surface area contributed by atoms with E-state index in [1.807, 2.05) is 12.1 Å². The number of aliphatic hydroxyl groups excluding tert-OH is 1.